The molecule has 0 aliphatic heterocycles. The summed E-state index contributed by atoms with van der Waals surface area (Å²) in [6.07, 6.45) is 2.57. The van der Waals surface area contributed by atoms with E-state index in [2.05, 4.69) is 5.32 Å². The molecule has 26 heavy (non-hydrogen) atoms. The predicted molar refractivity (Wildman–Crippen MR) is 104 cm³/mol. The van der Waals surface area contributed by atoms with E-state index in [4.69, 9.17) is 15.2 Å². The smallest absolute Gasteiger partial charge is 0.329 e. The third-order valence-electron chi connectivity index (χ3n) is 3.03. The van der Waals surface area contributed by atoms with Crippen LogP contribution in [0.5, 0.6) is 0 Å². The molecular formula is C18H34N2O5S. The average Bonchev–Trinajstić information content (AvgIpc) is 2.45. The number of hydrogen-bond donors (Lipinski definition) is 2. The second kappa shape index (κ2) is 10.8. The standard InChI is InChI=1S/C18H34N2O5S/c1-17(2,3)24-15(22)12(19)8-9-14(21)20-13(10-11-26-7)16(23)25-18(4,5)6/h12-13H,8-11,19H2,1-7H3,(H,20,21)/t12-,13-/m0/s1. The van der Waals surface area contributed by atoms with E-state index in [9.17, 15) is 14.4 Å². The van der Waals surface area contributed by atoms with Gasteiger partial charge in [-0.2, -0.15) is 11.8 Å². The van der Waals surface area contributed by atoms with Gasteiger partial charge in [-0.1, -0.05) is 0 Å². The summed E-state index contributed by atoms with van der Waals surface area (Å²) in [6.45, 7) is 10.6. The average molecular weight is 391 g/mol. The minimum atomic E-state index is -0.883. The summed E-state index contributed by atoms with van der Waals surface area (Å²) in [5.74, 6) is -0.643. The third kappa shape index (κ3) is 12.1. The lowest BCUT2D eigenvalue weighted by Gasteiger charge is -2.25. The fourth-order valence-electron chi connectivity index (χ4n) is 1.91. The van der Waals surface area contributed by atoms with Crippen molar-refractivity contribution in [3.05, 3.63) is 0 Å². The summed E-state index contributed by atoms with van der Waals surface area (Å²) < 4.78 is 10.5. The molecule has 0 aromatic rings. The van der Waals surface area contributed by atoms with Crippen LogP contribution in [-0.4, -0.2) is 53.1 Å². The Balaban J connectivity index is 4.60. The normalized spacial score (nSPS) is 14.3. The summed E-state index contributed by atoms with van der Waals surface area (Å²) in [6, 6.07) is -1.60. The van der Waals surface area contributed by atoms with E-state index in [0.717, 1.165) is 0 Å². The Hall–Kier alpha value is -1.28. The molecule has 8 heteroatoms. The summed E-state index contributed by atoms with van der Waals surface area (Å²) in [5, 5.41) is 2.68. The highest BCUT2D eigenvalue weighted by Crippen LogP contribution is 2.12. The first-order valence-corrected chi connectivity index (χ1v) is 10.1. The second-order valence-electron chi connectivity index (χ2n) is 8.11. The lowest BCUT2D eigenvalue weighted by atomic mass is 10.1. The third-order valence-corrected chi connectivity index (χ3v) is 3.67. The SMILES string of the molecule is CSCC[C@H](NC(=O)CC[C@H](N)C(=O)OC(C)(C)C)C(=O)OC(C)(C)C. The van der Waals surface area contributed by atoms with Crippen LogP contribution in [0.4, 0.5) is 0 Å². The van der Waals surface area contributed by atoms with Gasteiger partial charge >= 0.3 is 11.9 Å². The highest BCUT2D eigenvalue weighted by Gasteiger charge is 2.27. The van der Waals surface area contributed by atoms with E-state index in [1.807, 2.05) is 6.26 Å². The fraction of sp³-hybridized carbons (Fsp3) is 0.833. The minimum absolute atomic E-state index is 0.0268. The van der Waals surface area contributed by atoms with E-state index in [-0.39, 0.29) is 18.7 Å². The Morgan fingerprint density at radius 3 is 1.92 bits per heavy atom. The fourth-order valence-corrected chi connectivity index (χ4v) is 2.38. The number of hydrogen-bond acceptors (Lipinski definition) is 7. The van der Waals surface area contributed by atoms with Crippen LogP contribution in [0.3, 0.4) is 0 Å². The molecule has 0 unspecified atom stereocenters. The lowest BCUT2D eigenvalue weighted by molar-refractivity contribution is -0.159. The lowest BCUT2D eigenvalue weighted by Crippen LogP contribution is -2.45. The Morgan fingerprint density at radius 1 is 0.962 bits per heavy atom. The van der Waals surface area contributed by atoms with Gasteiger partial charge in [0.2, 0.25) is 5.91 Å². The molecule has 0 radical (unpaired) electrons. The van der Waals surface area contributed by atoms with E-state index >= 15 is 0 Å². The quantitative estimate of drug-likeness (QED) is 0.580. The zero-order chi connectivity index (χ0) is 20.5. The number of amides is 1. The molecule has 0 saturated carbocycles. The molecule has 2 atom stereocenters. The maximum absolute atomic E-state index is 12.3. The number of nitrogens with one attached hydrogen (secondary N) is 1. The predicted octanol–water partition coefficient (Wildman–Crippen LogP) is 2.02. The number of esters is 2. The molecule has 0 rings (SSSR count). The van der Waals surface area contributed by atoms with Crippen molar-refractivity contribution in [1.29, 1.82) is 0 Å². The van der Waals surface area contributed by atoms with Gasteiger partial charge in [0.25, 0.3) is 0 Å². The Kier molecular flexibility index (Phi) is 10.2. The largest absolute Gasteiger partial charge is 0.459 e. The number of nitrogens with two attached hydrogens (primary N) is 1. The monoisotopic (exact) mass is 390 g/mol. The molecule has 0 aromatic carbocycles. The zero-order valence-electron chi connectivity index (χ0n) is 17.0. The molecule has 0 aliphatic rings. The molecule has 0 spiro atoms. The van der Waals surface area contributed by atoms with Crippen molar-refractivity contribution in [3.63, 3.8) is 0 Å². The van der Waals surface area contributed by atoms with Crippen molar-refractivity contribution in [3.8, 4) is 0 Å². The summed E-state index contributed by atoms with van der Waals surface area (Å²) >= 11 is 1.58. The summed E-state index contributed by atoms with van der Waals surface area (Å²) in [4.78, 5) is 36.3. The van der Waals surface area contributed by atoms with Gasteiger partial charge in [0.1, 0.15) is 23.3 Å². The van der Waals surface area contributed by atoms with Gasteiger partial charge < -0.3 is 20.5 Å². The van der Waals surface area contributed by atoms with Crippen molar-refractivity contribution < 1.29 is 23.9 Å². The van der Waals surface area contributed by atoms with Gasteiger partial charge in [0.05, 0.1) is 0 Å². The van der Waals surface area contributed by atoms with Crippen molar-refractivity contribution in [2.24, 2.45) is 5.73 Å². The Morgan fingerprint density at radius 2 is 1.46 bits per heavy atom. The molecule has 0 saturated heterocycles. The van der Waals surface area contributed by atoms with Crippen LogP contribution in [0.15, 0.2) is 0 Å². The van der Waals surface area contributed by atoms with Gasteiger partial charge in [-0.15, -0.1) is 0 Å². The first-order chi connectivity index (χ1) is 11.7. The maximum atomic E-state index is 12.3. The van der Waals surface area contributed by atoms with Gasteiger partial charge in [-0.25, -0.2) is 4.79 Å². The first kappa shape index (κ1) is 24.7. The van der Waals surface area contributed by atoms with Crippen LogP contribution >= 0.6 is 11.8 Å². The van der Waals surface area contributed by atoms with Crippen molar-refractivity contribution in [2.45, 2.75) is 84.1 Å². The van der Waals surface area contributed by atoms with Gasteiger partial charge in [0.15, 0.2) is 0 Å². The molecule has 0 aliphatic carbocycles. The van der Waals surface area contributed by atoms with Crippen LogP contribution in [0.25, 0.3) is 0 Å². The number of carbonyl (C=O) groups excluding carboxylic acids is 3. The summed E-state index contributed by atoms with van der Waals surface area (Å²) in [7, 11) is 0. The molecule has 1 amide bonds. The molecule has 0 heterocycles. The van der Waals surface area contributed by atoms with E-state index in [1.165, 1.54) is 0 Å². The molecular weight excluding hydrogens is 356 g/mol. The maximum Gasteiger partial charge on any atom is 0.329 e. The number of rotatable bonds is 9. The molecule has 7 nitrogen and oxygen atoms in total. The first-order valence-electron chi connectivity index (χ1n) is 8.75. The van der Waals surface area contributed by atoms with Crippen molar-refractivity contribution >= 4 is 29.6 Å². The Bertz CT molecular complexity index is 483. The number of ether oxygens (including phenoxy) is 2. The van der Waals surface area contributed by atoms with Gasteiger partial charge in [-0.05, 0) is 66.4 Å². The van der Waals surface area contributed by atoms with Crippen LogP contribution in [0.1, 0.15) is 60.8 Å². The highest BCUT2D eigenvalue weighted by atomic mass is 32.2. The van der Waals surface area contributed by atoms with Crippen LogP contribution in [-0.2, 0) is 23.9 Å². The molecule has 3 N–H and O–H groups in total. The molecule has 0 aromatic heterocycles. The van der Waals surface area contributed by atoms with Crippen molar-refractivity contribution in [2.75, 3.05) is 12.0 Å². The second-order valence-corrected chi connectivity index (χ2v) is 9.10. The van der Waals surface area contributed by atoms with E-state index < -0.39 is 35.2 Å². The highest BCUT2D eigenvalue weighted by molar-refractivity contribution is 7.98. The number of carbonyl (C=O) groups is 3. The van der Waals surface area contributed by atoms with Crippen LogP contribution < -0.4 is 11.1 Å². The van der Waals surface area contributed by atoms with E-state index in [0.29, 0.717) is 12.2 Å². The zero-order valence-corrected chi connectivity index (χ0v) is 17.8. The summed E-state index contributed by atoms with van der Waals surface area (Å²) in [5.41, 5.74) is 4.52. The minimum Gasteiger partial charge on any atom is -0.459 e. The van der Waals surface area contributed by atoms with Crippen LogP contribution in [0, 0.1) is 0 Å². The van der Waals surface area contributed by atoms with Gasteiger partial charge in [-0.3, -0.25) is 9.59 Å². The molecule has 0 bridgehead atoms. The topological polar surface area (TPSA) is 108 Å². The Labute approximate surface area is 161 Å². The van der Waals surface area contributed by atoms with Crippen molar-refractivity contribution in [1.82, 2.24) is 5.32 Å². The number of thioether (sulfide) groups is 1. The van der Waals surface area contributed by atoms with Gasteiger partial charge in [0, 0.05) is 6.42 Å². The molecule has 152 valence electrons. The van der Waals surface area contributed by atoms with E-state index in [1.54, 1.807) is 53.3 Å². The van der Waals surface area contributed by atoms with Crippen LogP contribution in [0.2, 0.25) is 0 Å². The molecule has 0 fully saturated rings.